The second-order valence-corrected chi connectivity index (χ2v) is 37.2. The maximum atomic E-state index is 7.19. The lowest BCUT2D eigenvalue weighted by molar-refractivity contribution is 0.482. The second kappa shape index (κ2) is 24.1. The van der Waals surface area contributed by atoms with Crippen LogP contribution in [0.3, 0.4) is 0 Å². The highest BCUT2D eigenvalue weighted by Crippen LogP contribution is 2.53. The van der Waals surface area contributed by atoms with Gasteiger partial charge in [-0.15, -0.1) is 0 Å². The first-order valence-electron chi connectivity index (χ1n) is 38.0. The van der Waals surface area contributed by atoms with Gasteiger partial charge >= 0.3 is 0 Å². The average Bonchev–Trinajstić information content (AvgIpc) is 1.04. The van der Waals surface area contributed by atoms with E-state index in [2.05, 4.69) is 384 Å². The van der Waals surface area contributed by atoms with E-state index in [0.717, 1.165) is 91.3 Å². The third kappa shape index (κ3) is 12.0. The van der Waals surface area contributed by atoms with E-state index in [4.69, 9.17) is 4.42 Å². The minimum atomic E-state index is -0.404. The fourth-order valence-corrected chi connectivity index (χ4v) is 16.8. The number of hydrogen-bond acceptors (Lipinski definition) is 4. The highest BCUT2D eigenvalue weighted by molar-refractivity contribution is 7.00. The second-order valence-electron chi connectivity index (χ2n) is 37.2. The Hall–Kier alpha value is -9.84. The van der Waals surface area contributed by atoms with Crippen LogP contribution in [-0.4, -0.2) is 6.71 Å². The molecule has 11 aromatic carbocycles. The third-order valence-electron chi connectivity index (χ3n) is 23.4. The van der Waals surface area contributed by atoms with E-state index in [-0.39, 0.29) is 39.2 Å². The Bertz CT molecular complexity index is 5420. The van der Waals surface area contributed by atoms with Gasteiger partial charge in [0.1, 0.15) is 11.2 Å². The molecule has 1 aromatic heterocycles. The zero-order valence-corrected chi connectivity index (χ0v) is 65.2. The molecule has 4 aliphatic heterocycles. The topological polar surface area (TPSA) is 22.9 Å². The molecule has 1 aliphatic carbocycles. The normalized spacial score (nSPS) is 15.2. The fourth-order valence-electron chi connectivity index (χ4n) is 16.8. The molecule has 12 aromatic rings. The van der Waals surface area contributed by atoms with Crippen molar-refractivity contribution in [2.24, 2.45) is 5.41 Å². The van der Waals surface area contributed by atoms with Crippen molar-refractivity contribution in [1.82, 2.24) is 0 Å². The standard InChI is InChI=1S/C99H102BN3O/c1-93(2,3)69-32-24-61(25-33-69)65-50-66(62-26-34-70(35-27-62)94(4,5)6)53-78(52-65)102-86-47-42-74(97(13,14)15)56-84(86)100-85-57-75(98(16,17)18)43-48-87(85)103-79-54-67(63-28-36-71(37-29-63)95(7,8)9)51-68(55-79)64-30-38-73(39-31-64)99(19,20)83-23-21-22-81-82-58-77(46-49-90(82)104-92(81)83)101(80-59-88(102)91(100)89(103)60-80)76-44-40-72(41-45-76)96(10,11)12/h21-28,30-36,38-60H,29,37H2,1-20H3. The summed E-state index contributed by atoms with van der Waals surface area (Å²) in [4.78, 5) is 7.88. The number of nitrogens with zero attached hydrogens (tertiary/aromatic N) is 3. The van der Waals surface area contributed by atoms with Crippen LogP contribution in [0.5, 0.6) is 0 Å². The van der Waals surface area contributed by atoms with E-state index in [1.807, 2.05) is 0 Å². The molecule has 522 valence electrons. The molecule has 0 unspecified atom stereocenters. The number of hydrogen-bond donors (Lipinski definition) is 0. The average molecular weight is 1360 g/mol. The molecule has 0 atom stereocenters. The highest BCUT2D eigenvalue weighted by atomic mass is 16.3. The molecule has 0 N–H and O–H groups in total. The largest absolute Gasteiger partial charge is 0.456 e. The van der Waals surface area contributed by atoms with Crippen molar-refractivity contribution in [2.75, 3.05) is 14.7 Å². The van der Waals surface area contributed by atoms with Gasteiger partial charge in [0.25, 0.3) is 6.71 Å². The minimum absolute atomic E-state index is 0.00540. The summed E-state index contributed by atoms with van der Waals surface area (Å²) in [7, 11) is 0. The molecule has 0 fully saturated rings. The summed E-state index contributed by atoms with van der Waals surface area (Å²) in [5, 5.41) is 2.18. The number of anilines is 9. The van der Waals surface area contributed by atoms with Crippen molar-refractivity contribution < 1.29 is 4.42 Å². The van der Waals surface area contributed by atoms with Crippen molar-refractivity contribution >= 4 is 102 Å². The van der Waals surface area contributed by atoms with E-state index in [1.54, 1.807) is 0 Å². The van der Waals surface area contributed by atoms with Crippen molar-refractivity contribution in [1.29, 1.82) is 0 Å². The number of rotatable bonds is 5. The van der Waals surface area contributed by atoms with Crippen molar-refractivity contribution in [3.8, 4) is 33.4 Å². The molecule has 5 heteroatoms. The van der Waals surface area contributed by atoms with Gasteiger partial charge in [0.05, 0.1) is 5.69 Å². The van der Waals surface area contributed by atoms with Crippen LogP contribution in [0.25, 0.3) is 60.9 Å². The molecular weight excluding hydrogens is 1260 g/mol. The molecule has 11 bridgehead atoms. The molecule has 4 nitrogen and oxygen atoms in total. The maximum Gasteiger partial charge on any atom is 0.252 e. The number of allylic oxidation sites excluding steroid dienone is 4. The summed E-state index contributed by atoms with van der Waals surface area (Å²) >= 11 is 0. The van der Waals surface area contributed by atoms with Crippen LogP contribution in [0.4, 0.5) is 51.2 Å². The van der Waals surface area contributed by atoms with Crippen LogP contribution < -0.4 is 31.1 Å². The lowest BCUT2D eigenvalue weighted by Crippen LogP contribution is -2.61. The highest BCUT2D eigenvalue weighted by Gasteiger charge is 2.46. The first-order chi connectivity index (χ1) is 49.0. The molecule has 5 aliphatic rings. The zero-order valence-electron chi connectivity index (χ0n) is 65.2. The lowest BCUT2D eigenvalue weighted by Gasteiger charge is -2.46. The van der Waals surface area contributed by atoms with Crippen LogP contribution in [-0.2, 0) is 32.5 Å². The molecule has 0 saturated heterocycles. The zero-order chi connectivity index (χ0) is 73.3. The van der Waals surface area contributed by atoms with E-state index < -0.39 is 5.41 Å². The molecule has 104 heavy (non-hydrogen) atoms. The van der Waals surface area contributed by atoms with Crippen LogP contribution in [0.2, 0.25) is 0 Å². The van der Waals surface area contributed by atoms with Crippen LogP contribution >= 0.6 is 0 Å². The predicted molar refractivity (Wildman–Crippen MR) is 449 cm³/mol. The maximum absolute atomic E-state index is 7.19. The van der Waals surface area contributed by atoms with Crippen LogP contribution in [0.1, 0.15) is 196 Å². The van der Waals surface area contributed by atoms with Gasteiger partial charge in [0.2, 0.25) is 0 Å². The summed E-state index contributed by atoms with van der Waals surface area (Å²) in [5.74, 6) is 0. The van der Waals surface area contributed by atoms with Gasteiger partial charge in [-0.25, -0.2) is 0 Å². The monoisotopic (exact) mass is 1360 g/mol. The Balaban J connectivity index is 1.08. The van der Waals surface area contributed by atoms with E-state index in [0.29, 0.717) is 0 Å². The van der Waals surface area contributed by atoms with Gasteiger partial charge < -0.3 is 19.1 Å². The predicted octanol–water partition coefficient (Wildman–Crippen LogP) is 26.4. The molecule has 5 heterocycles. The summed E-state index contributed by atoms with van der Waals surface area (Å²) in [6.45, 7) is 46.6. The lowest BCUT2D eigenvalue weighted by atomic mass is 9.33. The van der Waals surface area contributed by atoms with Crippen LogP contribution in [0, 0.1) is 5.41 Å². The SMILES string of the molecule is CC(C)(C)C1=CC=C(c2cc3cc(c2)N2c4ccc(C(C)(C)C)cc4B4c5cc(C(C)(C)C)ccc5N(c5cc(-c6ccc(C(C)(C)C)cc6)cc(-c6ccc(C(C)(C)C)cc6)c5)c5cc(cc2c54)N(c2ccc(C(C)(C)C)cc2)c2ccc4oc5c(cccc5c4c2)C(C)(C)c2ccc-3cc2)CC1. The Morgan fingerprint density at radius 2 is 0.760 bits per heavy atom. The number of para-hydroxylation sites is 1. The summed E-state index contributed by atoms with van der Waals surface area (Å²) in [5.41, 5.74) is 35.0. The van der Waals surface area contributed by atoms with Gasteiger partial charge in [0, 0.05) is 67.2 Å². The first kappa shape index (κ1) is 68.6. The summed E-state index contributed by atoms with van der Waals surface area (Å²) in [6.07, 6.45) is 6.82. The van der Waals surface area contributed by atoms with Crippen molar-refractivity contribution in [3.05, 3.63) is 281 Å². The van der Waals surface area contributed by atoms with E-state index in [1.165, 1.54) is 100 Å². The quantitative estimate of drug-likeness (QED) is 0.160. The van der Waals surface area contributed by atoms with Gasteiger partial charge in [-0.1, -0.05) is 284 Å². The number of benzene rings is 11. The molecule has 0 amide bonds. The molecule has 0 spiro atoms. The molecular formula is C99H102BN3O. The number of fused-ring (bicyclic) bond motifs is 6. The number of furan rings is 1. The molecule has 0 radical (unpaired) electrons. The van der Waals surface area contributed by atoms with Crippen molar-refractivity contribution in [2.45, 2.75) is 184 Å². The Kier molecular flexibility index (Phi) is 15.9. The smallest absolute Gasteiger partial charge is 0.252 e. The third-order valence-corrected chi connectivity index (χ3v) is 23.4. The summed E-state index contributed by atoms with van der Waals surface area (Å²) < 4.78 is 7.19. The molecule has 17 rings (SSSR count). The van der Waals surface area contributed by atoms with E-state index >= 15 is 0 Å². The van der Waals surface area contributed by atoms with Gasteiger partial charge in [-0.05, 0) is 231 Å². The van der Waals surface area contributed by atoms with E-state index in [9.17, 15) is 0 Å². The van der Waals surface area contributed by atoms with Gasteiger partial charge in [0.15, 0.2) is 0 Å². The van der Waals surface area contributed by atoms with Crippen LogP contribution in [0.15, 0.2) is 241 Å². The van der Waals surface area contributed by atoms with Crippen molar-refractivity contribution in [3.63, 3.8) is 0 Å². The Morgan fingerprint density at radius 1 is 0.327 bits per heavy atom. The fraction of sp³-hybridized carbons (Fsp3) is 0.293. The Morgan fingerprint density at radius 3 is 1.22 bits per heavy atom. The first-order valence-corrected chi connectivity index (χ1v) is 38.0. The molecule has 0 saturated carbocycles. The van der Waals surface area contributed by atoms with Gasteiger partial charge in [-0.3, -0.25) is 0 Å². The Labute approximate surface area is 620 Å². The minimum Gasteiger partial charge on any atom is -0.456 e. The summed E-state index contributed by atoms with van der Waals surface area (Å²) in [6, 6.07) is 86.3. The van der Waals surface area contributed by atoms with Gasteiger partial charge in [-0.2, -0.15) is 0 Å².